The van der Waals surface area contributed by atoms with E-state index in [2.05, 4.69) is 0 Å². The minimum atomic E-state index is -1.90. The van der Waals surface area contributed by atoms with E-state index in [9.17, 15) is 30.0 Å². The van der Waals surface area contributed by atoms with E-state index in [4.69, 9.17) is 9.47 Å². The van der Waals surface area contributed by atoms with E-state index in [0.29, 0.717) is 22.3 Å². The normalized spacial score (nSPS) is 12.1. The maximum atomic E-state index is 12.4. The van der Waals surface area contributed by atoms with Crippen LogP contribution in [0.1, 0.15) is 43.0 Å². The van der Waals surface area contributed by atoms with E-state index in [1.54, 1.807) is 48.5 Å². The van der Waals surface area contributed by atoms with E-state index in [-0.39, 0.29) is 11.5 Å². The summed E-state index contributed by atoms with van der Waals surface area (Å²) in [5, 5.41) is 42.1. The highest BCUT2D eigenvalue weighted by Gasteiger charge is 2.38. The van der Waals surface area contributed by atoms with E-state index in [1.165, 1.54) is 36.4 Å². The molecule has 0 aromatic heterocycles. The van der Waals surface area contributed by atoms with E-state index in [1.807, 2.05) is 38.1 Å². The molecule has 43 heavy (non-hydrogen) atoms. The number of ether oxygens (including phenoxy) is 2. The third-order valence-electron chi connectivity index (χ3n) is 6.88. The lowest BCUT2D eigenvalue weighted by molar-refractivity contribution is 0.0486. The Morgan fingerprint density at radius 1 is 0.581 bits per heavy atom. The molecular weight excluding hydrogens is 548 g/mol. The predicted octanol–water partition coefficient (Wildman–Crippen LogP) is 6.21. The van der Waals surface area contributed by atoms with Gasteiger partial charge in [0.2, 0.25) is 0 Å². The van der Waals surface area contributed by atoms with Crippen LogP contribution in [-0.4, -0.2) is 45.6 Å². The van der Waals surface area contributed by atoms with Crippen LogP contribution < -0.4 is 9.47 Å². The molecule has 220 valence electrons. The van der Waals surface area contributed by atoms with Gasteiger partial charge in [-0.3, -0.25) is 0 Å². The summed E-state index contributed by atoms with van der Waals surface area (Å²) in [5.41, 5.74) is 1.88. The molecule has 0 spiro atoms. The van der Waals surface area contributed by atoms with Gasteiger partial charge in [0.05, 0.1) is 24.3 Å². The van der Waals surface area contributed by atoms with Gasteiger partial charge in [-0.1, -0.05) is 59.7 Å². The lowest BCUT2D eigenvalue weighted by Gasteiger charge is -2.28. The fraction of sp³-hybridized carbons (Fsp3) is 0.143. The number of rotatable bonds is 10. The van der Waals surface area contributed by atoms with Crippen LogP contribution in [-0.2, 0) is 0 Å². The molecule has 0 saturated heterocycles. The van der Waals surface area contributed by atoms with Crippen molar-refractivity contribution in [3.63, 3.8) is 0 Å². The predicted molar refractivity (Wildman–Crippen MR) is 163 cm³/mol. The Morgan fingerprint density at radius 3 is 1.21 bits per heavy atom. The number of aliphatic hydroxyl groups is 4. The molecule has 4 N–H and O–H groups in total. The number of hydrogen-bond donors (Lipinski definition) is 4. The zero-order valence-electron chi connectivity index (χ0n) is 23.7. The molecule has 8 nitrogen and oxygen atoms in total. The summed E-state index contributed by atoms with van der Waals surface area (Å²) in [7, 11) is 0. The lowest BCUT2D eigenvalue weighted by Crippen LogP contribution is -2.34. The first-order valence-corrected chi connectivity index (χ1v) is 13.5. The van der Waals surface area contributed by atoms with Crippen LogP contribution in [0.3, 0.4) is 0 Å². The van der Waals surface area contributed by atoms with Gasteiger partial charge in [-0.05, 0) is 85.7 Å². The number of hydrogen-bond acceptors (Lipinski definition) is 8. The minimum absolute atomic E-state index is 0.286. The monoisotopic (exact) mass is 580 g/mol. The maximum Gasteiger partial charge on any atom is 0.343 e. The SMILES string of the molecule is Cc1ccc(C(=O)Oc2ccc(C=C(O)C(CO)(CO)C(O)=Cc3ccc(OC(=O)c4ccc(C)cc4)cc3)cc2)cc1. The number of carbonyl (C=O) groups excluding carboxylic acids is 2. The third-order valence-corrected chi connectivity index (χ3v) is 6.88. The Labute approximate surface area is 249 Å². The molecule has 0 amide bonds. The molecule has 0 unspecified atom stereocenters. The second-order valence-corrected chi connectivity index (χ2v) is 10.1. The molecule has 8 heteroatoms. The topological polar surface area (TPSA) is 134 Å². The molecule has 0 bridgehead atoms. The first-order chi connectivity index (χ1) is 20.6. The van der Waals surface area contributed by atoms with Crippen molar-refractivity contribution in [2.75, 3.05) is 13.2 Å². The van der Waals surface area contributed by atoms with Gasteiger partial charge in [-0.25, -0.2) is 9.59 Å². The van der Waals surface area contributed by atoms with Crippen molar-refractivity contribution in [1.29, 1.82) is 0 Å². The quantitative estimate of drug-likeness (QED) is 0.0988. The van der Waals surface area contributed by atoms with Crippen molar-refractivity contribution >= 4 is 24.1 Å². The number of aliphatic hydroxyl groups excluding tert-OH is 4. The molecule has 0 radical (unpaired) electrons. The zero-order valence-corrected chi connectivity index (χ0v) is 23.7. The highest BCUT2D eigenvalue weighted by molar-refractivity contribution is 5.91. The maximum absolute atomic E-state index is 12.4. The van der Waals surface area contributed by atoms with Crippen molar-refractivity contribution in [3.05, 3.63) is 142 Å². The van der Waals surface area contributed by atoms with Crippen LogP contribution in [0.5, 0.6) is 11.5 Å². The molecule has 0 heterocycles. The van der Waals surface area contributed by atoms with Crippen LogP contribution in [0.25, 0.3) is 12.2 Å². The summed E-state index contributed by atoms with van der Waals surface area (Å²) >= 11 is 0. The lowest BCUT2D eigenvalue weighted by atomic mass is 9.83. The van der Waals surface area contributed by atoms with Crippen LogP contribution >= 0.6 is 0 Å². The molecule has 0 aliphatic rings. The smallest absolute Gasteiger partial charge is 0.343 e. The summed E-state index contributed by atoms with van der Waals surface area (Å²) < 4.78 is 10.8. The van der Waals surface area contributed by atoms with Gasteiger partial charge in [-0.15, -0.1) is 0 Å². The molecule has 0 fully saturated rings. The molecule has 0 aliphatic carbocycles. The molecule has 4 aromatic rings. The van der Waals surface area contributed by atoms with Gasteiger partial charge >= 0.3 is 11.9 Å². The Kier molecular flexibility index (Phi) is 9.77. The van der Waals surface area contributed by atoms with E-state index in [0.717, 1.165) is 11.1 Å². The fourth-order valence-corrected chi connectivity index (χ4v) is 4.07. The van der Waals surface area contributed by atoms with E-state index >= 15 is 0 Å². The Balaban J connectivity index is 1.46. The molecule has 0 atom stereocenters. The first-order valence-electron chi connectivity index (χ1n) is 13.5. The third kappa shape index (κ3) is 7.56. The van der Waals surface area contributed by atoms with Gasteiger partial charge in [0.1, 0.15) is 28.4 Å². The standard InChI is InChI=1S/C35H32O8/c1-23-3-11-27(12-4-23)33(40)42-29-15-7-25(8-16-29)19-31(38)35(21-36,22-37)32(39)20-26-9-17-30(18-10-26)43-34(41)28-13-5-24(2)6-14-28/h3-20,36-39H,21-22H2,1-2H3. The number of benzene rings is 4. The summed E-state index contributed by atoms with van der Waals surface area (Å²) in [4.78, 5) is 24.7. The van der Waals surface area contributed by atoms with Gasteiger partial charge in [-0.2, -0.15) is 0 Å². The summed E-state index contributed by atoms with van der Waals surface area (Å²) in [6.07, 6.45) is 2.57. The van der Waals surface area contributed by atoms with Gasteiger partial charge < -0.3 is 29.9 Å². The Morgan fingerprint density at radius 2 is 0.907 bits per heavy atom. The second kappa shape index (κ2) is 13.7. The van der Waals surface area contributed by atoms with Crippen LogP contribution in [0.15, 0.2) is 109 Å². The highest BCUT2D eigenvalue weighted by Crippen LogP contribution is 2.35. The minimum Gasteiger partial charge on any atom is -0.511 e. The van der Waals surface area contributed by atoms with Crippen LogP contribution in [0, 0.1) is 19.3 Å². The molecule has 0 aliphatic heterocycles. The average Bonchev–Trinajstić information content (AvgIpc) is 3.00. The molecule has 4 rings (SSSR count). The fourth-order valence-electron chi connectivity index (χ4n) is 4.07. The molecule has 0 saturated carbocycles. The average molecular weight is 581 g/mol. The van der Waals surface area contributed by atoms with E-state index < -0.39 is 42.1 Å². The summed E-state index contributed by atoms with van der Waals surface area (Å²) in [5.74, 6) is -1.43. The second-order valence-electron chi connectivity index (χ2n) is 10.1. The first kappa shape index (κ1) is 30.8. The van der Waals surface area contributed by atoms with Gasteiger partial charge in [0.25, 0.3) is 0 Å². The van der Waals surface area contributed by atoms with Crippen molar-refractivity contribution in [2.45, 2.75) is 13.8 Å². The van der Waals surface area contributed by atoms with Crippen molar-refractivity contribution in [1.82, 2.24) is 0 Å². The Bertz CT molecular complexity index is 1490. The number of aryl methyl sites for hydroxylation is 2. The number of carbonyl (C=O) groups is 2. The van der Waals surface area contributed by atoms with Crippen molar-refractivity contribution in [2.24, 2.45) is 5.41 Å². The highest BCUT2D eigenvalue weighted by atomic mass is 16.5. The van der Waals surface area contributed by atoms with Crippen LogP contribution in [0.4, 0.5) is 0 Å². The van der Waals surface area contributed by atoms with Gasteiger partial charge in [0.15, 0.2) is 0 Å². The van der Waals surface area contributed by atoms with Crippen molar-refractivity contribution in [3.8, 4) is 11.5 Å². The van der Waals surface area contributed by atoms with Crippen molar-refractivity contribution < 1.29 is 39.5 Å². The van der Waals surface area contributed by atoms with Crippen LogP contribution in [0.2, 0.25) is 0 Å². The summed E-state index contributed by atoms with van der Waals surface area (Å²) in [6, 6.07) is 26.4. The van der Waals surface area contributed by atoms with Gasteiger partial charge in [0, 0.05) is 0 Å². The molecule has 4 aromatic carbocycles. The number of esters is 2. The molecular formula is C35H32O8. The Hall–Kier alpha value is -5.18. The summed E-state index contributed by atoms with van der Waals surface area (Å²) in [6.45, 7) is 2.24. The zero-order chi connectivity index (χ0) is 31.0. The largest absolute Gasteiger partial charge is 0.511 e.